The highest BCUT2D eigenvalue weighted by molar-refractivity contribution is 6.67. The van der Waals surface area contributed by atoms with Crippen LogP contribution in [0.3, 0.4) is 0 Å². The molecule has 11 nitrogen and oxygen atoms in total. The number of amides is 2. The molecule has 1 heterocycles. The largest absolute Gasteiger partial charge is 0.507 e. The molecule has 0 unspecified atom stereocenters. The summed E-state index contributed by atoms with van der Waals surface area (Å²) in [7, 11) is 0. The molecular formula is C21H27Cl3N4O7. The number of hydrogen-bond donors (Lipinski definition) is 5. The number of aromatic hydroxyl groups is 1. The molecule has 0 saturated carbocycles. The number of halogens is 3. The monoisotopic (exact) mass is 552 g/mol. The van der Waals surface area contributed by atoms with Crippen LogP contribution < -0.4 is 20.7 Å². The van der Waals surface area contributed by atoms with Gasteiger partial charge >= 0.3 is 12.1 Å². The highest BCUT2D eigenvalue weighted by Crippen LogP contribution is 2.26. The van der Waals surface area contributed by atoms with Crippen molar-refractivity contribution < 1.29 is 34.1 Å². The molecule has 0 bridgehead atoms. The predicted octanol–water partition coefficient (Wildman–Crippen LogP) is 2.61. The fourth-order valence-corrected chi connectivity index (χ4v) is 3.16. The molecule has 0 aliphatic carbocycles. The second-order valence-corrected chi connectivity index (χ2v) is 10.0. The first-order valence-corrected chi connectivity index (χ1v) is 11.9. The number of ether oxygens (including phenoxy) is 2. The molecule has 1 aliphatic heterocycles. The summed E-state index contributed by atoms with van der Waals surface area (Å²) in [6.07, 6.45) is 3.14. The molecular weight excluding hydrogens is 527 g/mol. The van der Waals surface area contributed by atoms with Crippen molar-refractivity contribution in [3.8, 4) is 11.5 Å². The third kappa shape index (κ3) is 11.1. The van der Waals surface area contributed by atoms with Gasteiger partial charge in [-0.05, 0) is 25.0 Å². The van der Waals surface area contributed by atoms with Crippen molar-refractivity contribution in [2.45, 2.75) is 35.5 Å². The number of alkyl halides is 3. The van der Waals surface area contributed by atoms with Crippen molar-refractivity contribution >= 4 is 58.6 Å². The van der Waals surface area contributed by atoms with Gasteiger partial charge in [0.15, 0.2) is 0 Å². The number of nitrogens with zero attached hydrogens (tertiary/aromatic N) is 1. The molecule has 14 heteroatoms. The summed E-state index contributed by atoms with van der Waals surface area (Å²) in [6.45, 7) is 0.587. The van der Waals surface area contributed by atoms with Gasteiger partial charge in [0.1, 0.15) is 30.8 Å². The van der Waals surface area contributed by atoms with E-state index in [1.807, 2.05) is 5.32 Å². The molecule has 194 valence electrons. The second-order valence-electron chi connectivity index (χ2n) is 7.53. The van der Waals surface area contributed by atoms with Crippen molar-refractivity contribution in [1.29, 1.82) is 0 Å². The number of rotatable bonds is 10. The number of carboxylic acid groups (broad SMARTS) is 1. The van der Waals surface area contributed by atoms with Gasteiger partial charge < -0.3 is 35.6 Å². The van der Waals surface area contributed by atoms with E-state index in [9.17, 15) is 24.6 Å². The summed E-state index contributed by atoms with van der Waals surface area (Å²) in [5, 5.41) is 27.0. The van der Waals surface area contributed by atoms with E-state index in [1.54, 1.807) is 0 Å². The molecule has 2 amide bonds. The third-order valence-electron chi connectivity index (χ3n) is 4.71. The summed E-state index contributed by atoms with van der Waals surface area (Å²) in [4.78, 5) is 39.9. The molecule has 0 aromatic heterocycles. The van der Waals surface area contributed by atoms with E-state index in [0.717, 1.165) is 31.6 Å². The molecule has 1 aromatic carbocycles. The molecule has 1 aromatic rings. The minimum Gasteiger partial charge on any atom is -0.507 e. The number of phenolic OH excluding ortho intramolecular Hbond substituents is 1. The number of aliphatic imine (C=N–C) groups is 1. The lowest BCUT2D eigenvalue weighted by molar-refractivity contribution is -0.139. The zero-order chi connectivity index (χ0) is 25.8. The van der Waals surface area contributed by atoms with Crippen LogP contribution in [0.5, 0.6) is 11.5 Å². The zero-order valence-corrected chi connectivity index (χ0v) is 21.0. The summed E-state index contributed by atoms with van der Waals surface area (Å²) in [5.74, 6) is -1.24. The first kappa shape index (κ1) is 28.6. The van der Waals surface area contributed by atoms with Gasteiger partial charge in [-0.15, -0.1) is 0 Å². The summed E-state index contributed by atoms with van der Waals surface area (Å²) in [5.41, 5.74) is -0.105. The molecule has 1 aliphatic rings. The minimum absolute atomic E-state index is 0.105. The Labute approximate surface area is 217 Å². The maximum Gasteiger partial charge on any atom is 0.408 e. The smallest absolute Gasteiger partial charge is 0.408 e. The van der Waals surface area contributed by atoms with E-state index in [4.69, 9.17) is 39.5 Å². The van der Waals surface area contributed by atoms with E-state index in [-0.39, 0.29) is 11.3 Å². The third-order valence-corrected chi connectivity index (χ3v) is 5.04. The van der Waals surface area contributed by atoms with Crippen molar-refractivity contribution in [1.82, 2.24) is 16.0 Å². The van der Waals surface area contributed by atoms with Crippen LogP contribution in [0.25, 0.3) is 0 Å². The number of amidine groups is 1. The van der Waals surface area contributed by atoms with Crippen LogP contribution in [0, 0.1) is 0 Å². The predicted molar refractivity (Wildman–Crippen MR) is 131 cm³/mol. The lowest BCUT2D eigenvalue weighted by atomic mass is 10.1. The highest BCUT2D eigenvalue weighted by Gasteiger charge is 2.26. The van der Waals surface area contributed by atoms with Crippen LogP contribution >= 0.6 is 34.8 Å². The number of benzene rings is 1. The first-order valence-electron chi connectivity index (χ1n) is 10.8. The first-order chi connectivity index (χ1) is 16.5. The van der Waals surface area contributed by atoms with Crippen molar-refractivity contribution in [2.24, 2.45) is 4.99 Å². The topological polar surface area (TPSA) is 159 Å². The number of phenols is 1. The lowest BCUT2D eigenvalue weighted by Crippen LogP contribution is -2.48. The molecule has 0 fully saturated rings. The number of carbonyl (C=O) groups excluding carboxylic acids is 2. The van der Waals surface area contributed by atoms with E-state index in [2.05, 4.69) is 20.4 Å². The number of nitrogens with one attached hydrogen (secondary N) is 3. The Hall–Kier alpha value is -2.63. The Morgan fingerprint density at radius 1 is 1.17 bits per heavy atom. The SMILES string of the molecule is O=C(N[C@@H](CNC(=O)c1ccc(OCCNC2=NCCCCC2)cc1O)C(=O)O)OCC(Cl)(Cl)Cl. The highest BCUT2D eigenvalue weighted by atomic mass is 35.6. The normalized spacial score (nSPS) is 14.7. The van der Waals surface area contributed by atoms with Crippen LogP contribution in [-0.2, 0) is 9.53 Å². The molecule has 0 radical (unpaired) electrons. The van der Waals surface area contributed by atoms with Crippen LogP contribution in [0.2, 0.25) is 0 Å². The number of hydrogen-bond acceptors (Lipinski definition) is 8. The van der Waals surface area contributed by atoms with Gasteiger partial charge in [0.05, 0.1) is 17.9 Å². The maximum absolute atomic E-state index is 12.4. The van der Waals surface area contributed by atoms with Crippen LogP contribution in [0.4, 0.5) is 4.79 Å². The van der Waals surface area contributed by atoms with Gasteiger partial charge in [0, 0.05) is 25.6 Å². The summed E-state index contributed by atoms with van der Waals surface area (Å²) < 4.78 is 8.33. The zero-order valence-electron chi connectivity index (χ0n) is 18.7. The molecule has 1 atom stereocenters. The fraction of sp³-hybridized carbons (Fsp3) is 0.524. The number of carbonyl (C=O) groups is 3. The van der Waals surface area contributed by atoms with Gasteiger partial charge in [0.2, 0.25) is 3.79 Å². The van der Waals surface area contributed by atoms with Gasteiger partial charge in [0.25, 0.3) is 5.91 Å². The minimum atomic E-state index is -1.86. The van der Waals surface area contributed by atoms with Crippen LogP contribution in [0.15, 0.2) is 23.2 Å². The fourth-order valence-electron chi connectivity index (χ4n) is 3.00. The van der Waals surface area contributed by atoms with E-state index in [0.29, 0.717) is 18.9 Å². The second kappa shape index (κ2) is 14.1. The molecule has 0 spiro atoms. The van der Waals surface area contributed by atoms with Gasteiger partial charge in [-0.25, -0.2) is 9.59 Å². The number of aliphatic carboxylic acids is 1. The van der Waals surface area contributed by atoms with Crippen LogP contribution in [-0.4, -0.2) is 76.7 Å². The van der Waals surface area contributed by atoms with Gasteiger partial charge in [-0.3, -0.25) is 9.79 Å². The standard InChI is InChI=1S/C21H27Cl3N4O7/c22-21(23,24)12-35-20(33)28-15(19(31)32)11-27-18(30)14-6-5-13(10-16(14)29)34-9-8-26-17-4-2-1-3-7-25-17/h5-6,10,15,29H,1-4,7-9,11-12H2,(H,25,26)(H,27,30)(H,28,33)(H,31,32)/t15-/m0/s1. The Balaban J connectivity index is 1.81. The molecule has 2 rings (SSSR count). The summed E-state index contributed by atoms with van der Waals surface area (Å²) in [6, 6.07) is 2.58. The van der Waals surface area contributed by atoms with Crippen molar-refractivity contribution in [3.63, 3.8) is 0 Å². The van der Waals surface area contributed by atoms with Crippen molar-refractivity contribution in [2.75, 3.05) is 32.8 Å². The van der Waals surface area contributed by atoms with Gasteiger partial charge in [-0.2, -0.15) is 0 Å². The average molecular weight is 554 g/mol. The van der Waals surface area contributed by atoms with E-state index in [1.165, 1.54) is 24.6 Å². The van der Waals surface area contributed by atoms with Crippen molar-refractivity contribution in [3.05, 3.63) is 23.8 Å². The Morgan fingerprint density at radius 2 is 1.94 bits per heavy atom. The lowest BCUT2D eigenvalue weighted by Gasteiger charge is -2.17. The van der Waals surface area contributed by atoms with Crippen LogP contribution in [0.1, 0.15) is 36.0 Å². The van der Waals surface area contributed by atoms with E-state index >= 15 is 0 Å². The number of carboxylic acids is 1. The van der Waals surface area contributed by atoms with E-state index < -0.39 is 41.0 Å². The average Bonchev–Trinajstić information content (AvgIpc) is 3.06. The molecule has 35 heavy (non-hydrogen) atoms. The van der Waals surface area contributed by atoms with Gasteiger partial charge in [-0.1, -0.05) is 41.2 Å². The molecule has 0 saturated heterocycles. The Bertz CT molecular complexity index is 925. The Kier molecular flexibility index (Phi) is 11.5. The molecule has 5 N–H and O–H groups in total. The number of alkyl carbamates (subject to hydrolysis) is 1. The maximum atomic E-state index is 12.4. The quantitative estimate of drug-likeness (QED) is 0.218. The summed E-state index contributed by atoms with van der Waals surface area (Å²) >= 11 is 16.4. The Morgan fingerprint density at radius 3 is 2.63 bits per heavy atom.